The second kappa shape index (κ2) is 38.4. The maximum Gasteiger partial charge on any atom is 0.322 e. The quantitative estimate of drug-likeness (QED) is 0.0280. The number of carboxylic acids is 1. The van der Waals surface area contributed by atoms with E-state index in [0.717, 1.165) is 0 Å². The molecule has 0 aromatic carbocycles. The number of carbonyl (C=O) groups excluding carboxylic acids is 17. The fourth-order valence-corrected chi connectivity index (χ4v) is 9.88. The minimum atomic E-state index is -1.26. The van der Waals surface area contributed by atoms with Gasteiger partial charge in [0.05, 0.1) is 58.4 Å². The van der Waals surface area contributed by atoms with Gasteiger partial charge in [-0.25, -0.2) is 0 Å². The number of rotatable bonds is 35. The summed E-state index contributed by atoms with van der Waals surface area (Å²) < 4.78 is 0. The molecule has 0 spiro atoms. The Hall–Kier alpha value is -9.58. The topological polar surface area (TPSA) is 532 Å². The van der Waals surface area contributed by atoms with Crippen LogP contribution in [0.25, 0.3) is 0 Å². The van der Waals surface area contributed by atoms with Crippen molar-refractivity contribution in [2.24, 2.45) is 23.5 Å². The normalized spacial score (nSPS) is 17.7. The fraction of sp³-hybridized carbons (Fsp3) is 0.684. The van der Waals surface area contributed by atoms with Gasteiger partial charge in [0, 0.05) is 19.6 Å². The summed E-state index contributed by atoms with van der Waals surface area (Å²) in [4.78, 5) is 233. The summed E-state index contributed by atoms with van der Waals surface area (Å²) in [5.41, 5.74) is 5.45. The number of carboxylic acid groups (broad SMARTS) is 1. The zero-order chi connectivity index (χ0) is 70.7. The van der Waals surface area contributed by atoms with E-state index in [1.54, 1.807) is 41.5 Å². The van der Waals surface area contributed by atoms with E-state index in [0.29, 0.717) is 25.7 Å². The average molecular weight is 1330 g/mol. The molecule has 3 fully saturated rings. The lowest BCUT2D eigenvalue weighted by molar-refractivity contribution is -0.141. The van der Waals surface area contributed by atoms with E-state index in [-0.39, 0.29) is 32.5 Å². The van der Waals surface area contributed by atoms with Crippen LogP contribution in [0.15, 0.2) is 0 Å². The van der Waals surface area contributed by atoms with Crippen LogP contribution in [-0.4, -0.2) is 259 Å². The lowest BCUT2D eigenvalue weighted by atomic mass is 9.99. The summed E-state index contributed by atoms with van der Waals surface area (Å²) in [6, 6.07) is -9.86. The van der Waals surface area contributed by atoms with Gasteiger partial charge in [0.1, 0.15) is 54.9 Å². The molecule has 0 aromatic heterocycles. The lowest BCUT2D eigenvalue weighted by Gasteiger charge is -2.28. The third kappa shape index (κ3) is 25.8. The molecule has 3 heterocycles. The second-order valence-corrected chi connectivity index (χ2v) is 23.8. The second-order valence-electron chi connectivity index (χ2n) is 23.8. The summed E-state index contributed by atoms with van der Waals surface area (Å²) in [7, 11) is 0. The molecule has 37 nitrogen and oxygen atoms in total. The van der Waals surface area contributed by atoms with Crippen molar-refractivity contribution < 1.29 is 91.4 Å². The molecule has 0 unspecified atom stereocenters. The van der Waals surface area contributed by atoms with Crippen molar-refractivity contribution in [1.29, 1.82) is 0 Å². The Balaban J connectivity index is 1.39. The van der Waals surface area contributed by atoms with Crippen LogP contribution in [0.1, 0.15) is 101 Å². The SMILES string of the molecule is CC(C)[C@H](NC(=O)CNC(=O)[C@@H]1CCCN1C(=O)CNC(=O)CNC(=O)[C@H](C)NC(=O)[C@@H](NC(=O)[C@@H](NC(=O)CNC(=O)[C@@H]1CCCN1C(=O)CNC(=O)CNC(=O)[C@H](C)N)C(C)C)C(C)C)C(=O)N[C@@H](C)C(=O)NCC(=O)NCC(=O)N1CCC[C@H]1C(=O)NCC(=O)O. The van der Waals surface area contributed by atoms with Crippen LogP contribution in [0, 0.1) is 17.8 Å². The minimum Gasteiger partial charge on any atom is -0.480 e. The highest BCUT2D eigenvalue weighted by Crippen LogP contribution is 2.20. The molecule has 0 aromatic rings. The van der Waals surface area contributed by atoms with Crippen LogP contribution in [0.5, 0.6) is 0 Å². The van der Waals surface area contributed by atoms with Gasteiger partial charge < -0.3 is 100.0 Å². The van der Waals surface area contributed by atoms with Crippen LogP contribution in [0.2, 0.25) is 0 Å². The molecule has 37 heteroatoms. The van der Waals surface area contributed by atoms with Crippen LogP contribution in [0.4, 0.5) is 0 Å². The van der Waals surface area contributed by atoms with Crippen LogP contribution < -0.4 is 80.2 Å². The van der Waals surface area contributed by atoms with Crippen molar-refractivity contribution in [3.05, 3.63) is 0 Å². The average Bonchev–Trinajstić information content (AvgIpc) is 1.74. The van der Waals surface area contributed by atoms with Gasteiger partial charge in [-0.3, -0.25) is 86.3 Å². The zero-order valence-electron chi connectivity index (χ0n) is 54.4. The molecule has 3 saturated heterocycles. The van der Waals surface area contributed by atoms with Gasteiger partial charge in [0.25, 0.3) is 0 Å². The molecular weight excluding hydrogens is 1240 g/mol. The summed E-state index contributed by atoms with van der Waals surface area (Å²) in [6.45, 7) is 9.28. The van der Waals surface area contributed by atoms with Gasteiger partial charge in [-0.1, -0.05) is 41.5 Å². The molecule has 524 valence electrons. The molecule has 0 radical (unpaired) electrons. The van der Waals surface area contributed by atoms with Crippen molar-refractivity contribution in [2.75, 3.05) is 78.5 Å². The third-order valence-electron chi connectivity index (χ3n) is 15.2. The van der Waals surface area contributed by atoms with Crippen molar-refractivity contribution in [3.63, 3.8) is 0 Å². The van der Waals surface area contributed by atoms with Gasteiger partial charge in [-0.15, -0.1) is 0 Å². The smallest absolute Gasteiger partial charge is 0.322 e. The highest BCUT2D eigenvalue weighted by Gasteiger charge is 2.39. The molecule has 17 amide bonds. The van der Waals surface area contributed by atoms with Gasteiger partial charge in [0.2, 0.25) is 100 Å². The molecule has 0 aliphatic carbocycles. The summed E-state index contributed by atoms with van der Waals surface area (Å²) in [5, 5.41) is 42.6. The molecule has 9 atom stereocenters. The van der Waals surface area contributed by atoms with Crippen molar-refractivity contribution in [1.82, 2.24) is 89.1 Å². The van der Waals surface area contributed by atoms with Gasteiger partial charge in [-0.2, -0.15) is 0 Å². The number of hydrogen-bond donors (Lipinski definition) is 16. The number of hydrogen-bond acceptors (Lipinski definition) is 19. The molecular formula is C57H92N18O19. The highest BCUT2D eigenvalue weighted by molar-refractivity contribution is 5.99. The van der Waals surface area contributed by atoms with Crippen molar-refractivity contribution >= 4 is 106 Å². The summed E-state index contributed by atoms with van der Waals surface area (Å²) in [6.07, 6.45) is 2.13. The summed E-state index contributed by atoms with van der Waals surface area (Å²) >= 11 is 0. The number of nitrogens with one attached hydrogen (secondary N) is 14. The van der Waals surface area contributed by atoms with E-state index in [4.69, 9.17) is 10.8 Å². The van der Waals surface area contributed by atoms with E-state index in [9.17, 15) is 86.3 Å². The standard InChI is InChI=1S/C57H92N18O19/c1-28(2)46(55(92)68-32(8)50(87)63-20-38(77)61-26-44(83)75-18-12-15-36(75)54(91)67-27-45(84)85)70-40(79)22-65-52(89)34-13-11-17-74(34)43(82)25-60-39(78)21-64-51(88)33(9)69-56(93)48(30(5)6)72-57(94)47(29(3)4)71-41(80)23-66-53(90)35-14-10-16-73(35)42(81)24-59-37(76)19-62-49(86)31(7)58/h28-36,46-48H,10-27,58H2,1-9H3,(H,59,76)(H,60,78)(H,61,77)(H,62,86)(H,63,87)(H,64,88)(H,65,89)(H,66,90)(H,67,91)(H,68,92)(H,69,93)(H,70,79)(H,71,80)(H,72,94)(H,84,85)/t31-,32-,33-,34-,35-,36-,46-,47-,48-/m0/s1. The first kappa shape index (κ1) is 78.7. The maximum absolute atomic E-state index is 13.6. The monoisotopic (exact) mass is 1330 g/mol. The Morgan fingerprint density at radius 1 is 0.340 bits per heavy atom. The number of likely N-dealkylation sites (tertiary alicyclic amines) is 3. The molecule has 17 N–H and O–H groups in total. The van der Waals surface area contributed by atoms with E-state index < -0.39 is 237 Å². The first-order chi connectivity index (χ1) is 44.1. The zero-order valence-corrected chi connectivity index (χ0v) is 54.4. The Morgan fingerprint density at radius 2 is 0.617 bits per heavy atom. The molecule has 0 bridgehead atoms. The highest BCUT2D eigenvalue weighted by atomic mass is 16.4. The number of carbonyl (C=O) groups is 18. The minimum absolute atomic E-state index is 0.127. The van der Waals surface area contributed by atoms with E-state index in [1.807, 2.05) is 0 Å². The van der Waals surface area contributed by atoms with E-state index in [1.165, 1.54) is 35.5 Å². The van der Waals surface area contributed by atoms with E-state index >= 15 is 0 Å². The first-order valence-corrected chi connectivity index (χ1v) is 31.0. The first-order valence-electron chi connectivity index (χ1n) is 31.0. The summed E-state index contributed by atoms with van der Waals surface area (Å²) in [5.74, 6) is -15.0. The number of nitrogens with zero attached hydrogens (tertiary/aromatic N) is 3. The van der Waals surface area contributed by atoms with Crippen molar-refractivity contribution in [2.45, 2.75) is 155 Å². The van der Waals surface area contributed by atoms with Crippen LogP contribution in [0.3, 0.4) is 0 Å². The third-order valence-corrected chi connectivity index (χ3v) is 15.2. The molecule has 3 rings (SSSR count). The number of nitrogens with two attached hydrogens (primary N) is 1. The Bertz CT molecular complexity index is 2830. The van der Waals surface area contributed by atoms with Gasteiger partial charge in [0.15, 0.2) is 0 Å². The Kier molecular flexibility index (Phi) is 32.2. The predicted octanol–water partition coefficient (Wildman–Crippen LogP) is -9.13. The largest absolute Gasteiger partial charge is 0.480 e. The number of aliphatic carboxylic acids is 1. The molecule has 3 aliphatic heterocycles. The lowest BCUT2D eigenvalue weighted by Crippen LogP contribution is -2.59. The van der Waals surface area contributed by atoms with Gasteiger partial charge in [-0.05, 0) is 77.0 Å². The fourth-order valence-electron chi connectivity index (χ4n) is 9.88. The maximum atomic E-state index is 13.6. The molecule has 3 aliphatic rings. The predicted molar refractivity (Wildman–Crippen MR) is 328 cm³/mol. The van der Waals surface area contributed by atoms with Gasteiger partial charge >= 0.3 is 5.97 Å². The Labute approximate surface area is 542 Å². The van der Waals surface area contributed by atoms with E-state index in [2.05, 4.69) is 74.4 Å². The Morgan fingerprint density at radius 3 is 0.915 bits per heavy atom. The number of amides is 17. The van der Waals surface area contributed by atoms with Crippen molar-refractivity contribution in [3.8, 4) is 0 Å². The van der Waals surface area contributed by atoms with Crippen LogP contribution >= 0.6 is 0 Å². The molecule has 0 saturated carbocycles. The van der Waals surface area contributed by atoms with Crippen LogP contribution in [-0.2, 0) is 86.3 Å². The molecule has 94 heavy (non-hydrogen) atoms.